The average molecular weight is 522 g/mol. The standard InChI is InChI=1S/C24H25F3N4O6/c1-30-21(28)20(22(33)31(23(30)34)14-15-8-10-16(35-2)11-9-15)29-19(32)7-4-12-36-17-5-3-6-18(13-17)37-24(25,26)27/h3,5-6,8-11,13H,4,7,12,14,28H2,1-2H3,(H,29,32). The minimum Gasteiger partial charge on any atom is -0.497 e. The molecule has 1 heterocycles. The van der Waals surface area contributed by atoms with Crippen molar-refractivity contribution in [2.75, 3.05) is 24.8 Å². The Morgan fingerprint density at radius 2 is 1.73 bits per heavy atom. The number of benzene rings is 2. The van der Waals surface area contributed by atoms with Gasteiger partial charge < -0.3 is 25.3 Å². The number of nitrogen functional groups attached to an aromatic ring is 1. The summed E-state index contributed by atoms with van der Waals surface area (Å²) in [6.07, 6.45) is -4.73. The molecular formula is C24H25F3N4O6. The minimum atomic E-state index is -4.83. The summed E-state index contributed by atoms with van der Waals surface area (Å²) in [5.74, 6) is -0.450. The number of carbonyl (C=O) groups excluding carboxylic acids is 1. The molecule has 0 aliphatic carbocycles. The summed E-state index contributed by atoms with van der Waals surface area (Å²) in [6, 6.07) is 11.8. The van der Waals surface area contributed by atoms with Gasteiger partial charge in [-0.05, 0) is 36.2 Å². The third-order valence-electron chi connectivity index (χ3n) is 5.21. The lowest BCUT2D eigenvalue weighted by Crippen LogP contribution is -2.42. The fraction of sp³-hybridized carbons (Fsp3) is 0.292. The van der Waals surface area contributed by atoms with Gasteiger partial charge in [0.25, 0.3) is 5.56 Å². The van der Waals surface area contributed by atoms with E-state index < -0.39 is 29.3 Å². The highest BCUT2D eigenvalue weighted by atomic mass is 19.4. The monoisotopic (exact) mass is 522 g/mol. The maximum absolute atomic E-state index is 13.0. The van der Waals surface area contributed by atoms with E-state index in [-0.39, 0.29) is 43.2 Å². The zero-order valence-electron chi connectivity index (χ0n) is 20.0. The lowest BCUT2D eigenvalue weighted by atomic mass is 10.2. The molecule has 0 aliphatic rings. The molecule has 1 aromatic heterocycles. The summed E-state index contributed by atoms with van der Waals surface area (Å²) >= 11 is 0. The Kier molecular flexibility index (Phi) is 8.48. The predicted octanol–water partition coefficient (Wildman–Crippen LogP) is 2.88. The van der Waals surface area contributed by atoms with Crippen LogP contribution in [-0.4, -0.2) is 35.1 Å². The number of hydrogen-bond donors (Lipinski definition) is 2. The van der Waals surface area contributed by atoms with E-state index in [0.717, 1.165) is 21.3 Å². The number of nitrogens with zero attached hydrogens (tertiary/aromatic N) is 2. The van der Waals surface area contributed by atoms with E-state index in [2.05, 4.69) is 10.1 Å². The van der Waals surface area contributed by atoms with Crippen molar-refractivity contribution in [1.82, 2.24) is 9.13 Å². The average Bonchev–Trinajstić information content (AvgIpc) is 2.85. The van der Waals surface area contributed by atoms with Crippen LogP contribution in [0.2, 0.25) is 0 Å². The fourth-order valence-corrected chi connectivity index (χ4v) is 3.34. The number of ether oxygens (including phenoxy) is 3. The molecule has 3 rings (SSSR count). The molecule has 3 aromatic rings. The first-order valence-electron chi connectivity index (χ1n) is 11.0. The summed E-state index contributed by atoms with van der Waals surface area (Å²) in [5.41, 5.74) is 4.93. The van der Waals surface area contributed by atoms with E-state index in [1.165, 1.54) is 26.3 Å². The van der Waals surface area contributed by atoms with Gasteiger partial charge in [0.1, 0.15) is 28.8 Å². The minimum absolute atomic E-state index is 0.00729. The molecule has 0 bridgehead atoms. The quantitative estimate of drug-likeness (QED) is 0.392. The molecule has 0 atom stereocenters. The number of amides is 1. The number of aromatic nitrogens is 2. The second kappa shape index (κ2) is 11.5. The Bertz CT molecular complexity index is 1370. The third kappa shape index (κ3) is 7.29. The van der Waals surface area contributed by atoms with Crippen molar-refractivity contribution in [3.05, 3.63) is 74.9 Å². The molecule has 198 valence electrons. The van der Waals surface area contributed by atoms with Crippen molar-refractivity contribution in [3.63, 3.8) is 0 Å². The molecule has 0 saturated heterocycles. The van der Waals surface area contributed by atoms with Gasteiger partial charge in [0, 0.05) is 19.5 Å². The first-order chi connectivity index (χ1) is 17.5. The Morgan fingerprint density at radius 3 is 2.38 bits per heavy atom. The van der Waals surface area contributed by atoms with Crippen LogP contribution < -0.4 is 36.5 Å². The van der Waals surface area contributed by atoms with Crippen molar-refractivity contribution in [3.8, 4) is 17.2 Å². The second-order valence-corrected chi connectivity index (χ2v) is 7.86. The van der Waals surface area contributed by atoms with Crippen molar-refractivity contribution < 1.29 is 32.2 Å². The van der Waals surface area contributed by atoms with E-state index in [0.29, 0.717) is 11.3 Å². The van der Waals surface area contributed by atoms with Crippen LogP contribution in [0.25, 0.3) is 0 Å². The Balaban J connectivity index is 1.63. The zero-order chi connectivity index (χ0) is 27.2. The van der Waals surface area contributed by atoms with E-state index >= 15 is 0 Å². The maximum atomic E-state index is 13.0. The number of methoxy groups -OCH3 is 1. The van der Waals surface area contributed by atoms with Crippen LogP contribution in [0.3, 0.4) is 0 Å². The predicted molar refractivity (Wildman–Crippen MR) is 129 cm³/mol. The number of nitrogens with one attached hydrogen (secondary N) is 1. The largest absolute Gasteiger partial charge is 0.573 e. The number of rotatable bonds is 10. The Hall–Kier alpha value is -4.42. The first-order valence-corrected chi connectivity index (χ1v) is 11.0. The first kappa shape index (κ1) is 27.2. The van der Waals surface area contributed by atoms with Gasteiger partial charge >= 0.3 is 12.1 Å². The summed E-state index contributed by atoms with van der Waals surface area (Å²) in [4.78, 5) is 38.1. The van der Waals surface area contributed by atoms with Gasteiger partial charge in [0.2, 0.25) is 5.91 Å². The lowest BCUT2D eigenvalue weighted by Gasteiger charge is -2.15. The molecule has 0 aliphatic heterocycles. The third-order valence-corrected chi connectivity index (χ3v) is 5.21. The molecule has 1 amide bonds. The van der Waals surface area contributed by atoms with Crippen LogP contribution in [0.15, 0.2) is 58.1 Å². The van der Waals surface area contributed by atoms with E-state index in [1.807, 2.05) is 0 Å². The summed E-state index contributed by atoms with van der Waals surface area (Å²) < 4.78 is 53.4. The van der Waals surface area contributed by atoms with Crippen LogP contribution >= 0.6 is 0 Å². The number of alkyl halides is 3. The fourth-order valence-electron chi connectivity index (χ4n) is 3.34. The SMILES string of the molecule is COc1ccc(Cn2c(=O)c(NC(=O)CCCOc3cccc(OC(F)(F)F)c3)c(N)n(C)c2=O)cc1. The van der Waals surface area contributed by atoms with E-state index in [1.54, 1.807) is 24.3 Å². The topological polar surface area (TPSA) is 127 Å². The van der Waals surface area contributed by atoms with Crippen LogP contribution in [0.4, 0.5) is 24.7 Å². The van der Waals surface area contributed by atoms with Gasteiger partial charge in [0.05, 0.1) is 20.3 Å². The van der Waals surface area contributed by atoms with Crippen LogP contribution in [0.1, 0.15) is 18.4 Å². The highest BCUT2D eigenvalue weighted by Crippen LogP contribution is 2.26. The maximum Gasteiger partial charge on any atom is 0.573 e. The highest BCUT2D eigenvalue weighted by molar-refractivity contribution is 5.92. The van der Waals surface area contributed by atoms with E-state index in [9.17, 15) is 27.6 Å². The number of nitrogens with two attached hydrogens (primary N) is 1. The highest BCUT2D eigenvalue weighted by Gasteiger charge is 2.31. The molecule has 10 nitrogen and oxygen atoms in total. The molecule has 13 heteroatoms. The molecule has 0 radical (unpaired) electrons. The number of hydrogen-bond acceptors (Lipinski definition) is 7. The molecule has 37 heavy (non-hydrogen) atoms. The van der Waals surface area contributed by atoms with Gasteiger partial charge in [-0.3, -0.25) is 18.7 Å². The van der Waals surface area contributed by atoms with Gasteiger partial charge in [0.15, 0.2) is 0 Å². The van der Waals surface area contributed by atoms with Gasteiger partial charge in [-0.1, -0.05) is 18.2 Å². The molecular weight excluding hydrogens is 497 g/mol. The summed E-state index contributed by atoms with van der Waals surface area (Å²) in [5, 5.41) is 2.45. The van der Waals surface area contributed by atoms with Crippen molar-refractivity contribution in [2.24, 2.45) is 7.05 Å². The number of halogens is 3. The second-order valence-electron chi connectivity index (χ2n) is 7.86. The van der Waals surface area contributed by atoms with Gasteiger partial charge in [-0.15, -0.1) is 13.2 Å². The van der Waals surface area contributed by atoms with Gasteiger partial charge in [-0.25, -0.2) is 4.79 Å². The van der Waals surface area contributed by atoms with Crippen molar-refractivity contribution in [2.45, 2.75) is 25.7 Å². The Labute approximate surface area is 209 Å². The van der Waals surface area contributed by atoms with Crippen molar-refractivity contribution in [1.29, 1.82) is 0 Å². The lowest BCUT2D eigenvalue weighted by molar-refractivity contribution is -0.274. The normalized spacial score (nSPS) is 11.2. The zero-order valence-corrected chi connectivity index (χ0v) is 20.0. The molecule has 0 spiro atoms. The van der Waals surface area contributed by atoms with Crippen LogP contribution in [0.5, 0.6) is 17.2 Å². The van der Waals surface area contributed by atoms with Crippen LogP contribution in [-0.2, 0) is 18.4 Å². The smallest absolute Gasteiger partial charge is 0.497 e. The van der Waals surface area contributed by atoms with Gasteiger partial charge in [-0.2, -0.15) is 0 Å². The van der Waals surface area contributed by atoms with E-state index in [4.69, 9.17) is 15.2 Å². The summed E-state index contributed by atoms with van der Waals surface area (Å²) in [7, 11) is 2.89. The molecule has 0 saturated carbocycles. The number of carbonyl (C=O) groups is 1. The molecule has 0 fully saturated rings. The molecule has 3 N–H and O–H groups in total. The Morgan fingerprint density at radius 1 is 1.05 bits per heavy atom. The number of anilines is 2. The van der Waals surface area contributed by atoms with Crippen molar-refractivity contribution >= 4 is 17.4 Å². The summed E-state index contributed by atoms with van der Waals surface area (Å²) in [6.45, 7) is -0.0447. The molecule has 0 unspecified atom stereocenters. The van der Waals surface area contributed by atoms with Crippen LogP contribution in [0, 0.1) is 0 Å². The molecule has 2 aromatic carbocycles.